The molecule has 0 radical (unpaired) electrons. The first-order chi connectivity index (χ1) is 11.0. The highest BCUT2D eigenvalue weighted by Gasteiger charge is 2.14. The molecule has 0 saturated heterocycles. The minimum absolute atomic E-state index is 0.217. The Kier molecular flexibility index (Phi) is 6.05. The number of benzene rings is 2. The maximum absolute atomic E-state index is 12.6. The summed E-state index contributed by atoms with van der Waals surface area (Å²) in [7, 11) is 0. The molecule has 0 unspecified atom stereocenters. The van der Waals surface area contributed by atoms with E-state index in [1.54, 1.807) is 18.2 Å². The molecule has 122 valence electrons. The van der Waals surface area contributed by atoms with Gasteiger partial charge in [0.2, 0.25) is 0 Å². The van der Waals surface area contributed by atoms with Gasteiger partial charge in [-0.1, -0.05) is 42.6 Å². The Morgan fingerprint density at radius 3 is 2.65 bits per heavy atom. The first kappa shape index (κ1) is 17.4. The first-order valence-electron chi connectivity index (χ1n) is 7.82. The van der Waals surface area contributed by atoms with Gasteiger partial charge in [-0.05, 0) is 50.1 Å². The molecule has 2 aromatic rings. The van der Waals surface area contributed by atoms with E-state index in [2.05, 4.69) is 12.2 Å². The molecule has 23 heavy (non-hydrogen) atoms. The number of nitrogens with one attached hydrogen (secondary N) is 1. The van der Waals surface area contributed by atoms with Crippen molar-refractivity contribution in [2.24, 2.45) is 0 Å². The Bertz CT molecular complexity index is 698. The fraction of sp³-hybridized carbons (Fsp3) is 0.316. The second-order valence-corrected chi connectivity index (χ2v) is 6.05. The summed E-state index contributed by atoms with van der Waals surface area (Å²) in [5, 5.41) is 3.45. The number of carbonyl (C=O) groups excluding carboxylic acids is 1. The van der Waals surface area contributed by atoms with Crippen LogP contribution in [0, 0.1) is 13.8 Å². The number of unbranched alkanes of at least 4 members (excludes halogenated alkanes) is 1. The van der Waals surface area contributed by atoms with E-state index >= 15 is 0 Å². The second kappa shape index (κ2) is 8.02. The molecule has 3 nitrogen and oxygen atoms in total. The molecule has 4 heteroatoms. The molecule has 2 aromatic carbocycles. The third-order valence-electron chi connectivity index (χ3n) is 3.57. The lowest BCUT2D eigenvalue weighted by Gasteiger charge is -2.13. The second-order valence-electron chi connectivity index (χ2n) is 5.61. The molecule has 1 N–H and O–H groups in total. The lowest BCUT2D eigenvalue weighted by molar-refractivity contribution is 0.102. The van der Waals surface area contributed by atoms with E-state index in [-0.39, 0.29) is 5.91 Å². The van der Waals surface area contributed by atoms with Crippen molar-refractivity contribution in [2.45, 2.75) is 33.6 Å². The van der Waals surface area contributed by atoms with Gasteiger partial charge >= 0.3 is 0 Å². The SMILES string of the molecule is CCCCOc1ccc(Cl)cc1C(=O)Nc1ccc(C)cc1C. The summed E-state index contributed by atoms with van der Waals surface area (Å²) in [5.74, 6) is 0.344. The van der Waals surface area contributed by atoms with E-state index in [1.165, 1.54) is 0 Å². The number of rotatable bonds is 6. The zero-order chi connectivity index (χ0) is 16.8. The predicted octanol–water partition coefficient (Wildman–Crippen LogP) is 5.39. The van der Waals surface area contributed by atoms with Crippen LogP contribution in [-0.4, -0.2) is 12.5 Å². The first-order valence-corrected chi connectivity index (χ1v) is 8.20. The van der Waals surface area contributed by atoms with Crippen LogP contribution in [0.4, 0.5) is 5.69 Å². The van der Waals surface area contributed by atoms with Gasteiger partial charge in [-0.25, -0.2) is 0 Å². The van der Waals surface area contributed by atoms with Crippen molar-refractivity contribution >= 4 is 23.2 Å². The highest BCUT2D eigenvalue weighted by atomic mass is 35.5. The lowest BCUT2D eigenvalue weighted by atomic mass is 10.1. The zero-order valence-corrected chi connectivity index (χ0v) is 14.5. The molecule has 0 atom stereocenters. The minimum Gasteiger partial charge on any atom is -0.493 e. The van der Waals surface area contributed by atoms with Gasteiger partial charge < -0.3 is 10.1 Å². The Morgan fingerprint density at radius 1 is 1.17 bits per heavy atom. The van der Waals surface area contributed by atoms with E-state index in [0.29, 0.717) is 22.9 Å². The summed E-state index contributed by atoms with van der Waals surface area (Å²) in [4.78, 5) is 12.6. The van der Waals surface area contributed by atoms with Crippen LogP contribution in [0.5, 0.6) is 5.75 Å². The van der Waals surface area contributed by atoms with E-state index in [0.717, 1.165) is 29.7 Å². The number of hydrogen-bond donors (Lipinski definition) is 1. The van der Waals surface area contributed by atoms with Crippen LogP contribution in [-0.2, 0) is 0 Å². The molecular formula is C19H22ClNO2. The van der Waals surface area contributed by atoms with Crippen molar-refractivity contribution in [3.05, 3.63) is 58.1 Å². The molecule has 2 rings (SSSR count). The molecule has 0 saturated carbocycles. The molecule has 0 aromatic heterocycles. The Balaban J connectivity index is 2.21. The quantitative estimate of drug-likeness (QED) is 0.721. The molecule has 1 amide bonds. The van der Waals surface area contributed by atoms with E-state index in [4.69, 9.17) is 16.3 Å². The topological polar surface area (TPSA) is 38.3 Å². The van der Waals surface area contributed by atoms with Crippen molar-refractivity contribution in [1.82, 2.24) is 0 Å². The third kappa shape index (κ3) is 4.73. The summed E-state index contributed by atoms with van der Waals surface area (Å²) in [6.45, 7) is 6.68. The van der Waals surface area contributed by atoms with Crippen LogP contribution < -0.4 is 10.1 Å². The van der Waals surface area contributed by atoms with Crippen LogP contribution in [0.1, 0.15) is 41.3 Å². The smallest absolute Gasteiger partial charge is 0.259 e. The third-order valence-corrected chi connectivity index (χ3v) is 3.81. The van der Waals surface area contributed by atoms with Gasteiger partial charge in [-0.3, -0.25) is 4.79 Å². The minimum atomic E-state index is -0.217. The monoisotopic (exact) mass is 331 g/mol. The Hall–Kier alpha value is -2.00. The number of hydrogen-bond acceptors (Lipinski definition) is 2. The van der Waals surface area contributed by atoms with Gasteiger partial charge in [0, 0.05) is 10.7 Å². The van der Waals surface area contributed by atoms with Crippen LogP contribution in [0.3, 0.4) is 0 Å². The van der Waals surface area contributed by atoms with Gasteiger partial charge in [0.1, 0.15) is 5.75 Å². The largest absolute Gasteiger partial charge is 0.493 e. The fourth-order valence-corrected chi connectivity index (χ4v) is 2.45. The van der Waals surface area contributed by atoms with Gasteiger partial charge in [-0.2, -0.15) is 0 Å². The van der Waals surface area contributed by atoms with Crippen LogP contribution >= 0.6 is 11.6 Å². The Morgan fingerprint density at radius 2 is 1.96 bits per heavy atom. The molecular weight excluding hydrogens is 310 g/mol. The number of ether oxygens (including phenoxy) is 1. The fourth-order valence-electron chi connectivity index (χ4n) is 2.28. The maximum atomic E-state index is 12.6. The van der Waals surface area contributed by atoms with Gasteiger partial charge in [0.05, 0.1) is 12.2 Å². The molecule has 0 aliphatic heterocycles. The van der Waals surface area contributed by atoms with E-state index < -0.39 is 0 Å². The molecule has 0 spiro atoms. The van der Waals surface area contributed by atoms with Crippen molar-refractivity contribution in [3.63, 3.8) is 0 Å². The summed E-state index contributed by atoms with van der Waals surface area (Å²) in [6, 6.07) is 11.0. The number of aryl methyl sites for hydroxylation is 2. The van der Waals surface area contributed by atoms with Crippen molar-refractivity contribution in [3.8, 4) is 5.75 Å². The van der Waals surface area contributed by atoms with Gasteiger partial charge in [0.25, 0.3) is 5.91 Å². The number of amides is 1. The lowest BCUT2D eigenvalue weighted by Crippen LogP contribution is -2.15. The summed E-state index contributed by atoms with van der Waals surface area (Å²) < 4.78 is 5.72. The number of anilines is 1. The zero-order valence-electron chi connectivity index (χ0n) is 13.8. The van der Waals surface area contributed by atoms with E-state index in [1.807, 2.05) is 32.0 Å². The van der Waals surface area contributed by atoms with Crippen molar-refractivity contribution in [1.29, 1.82) is 0 Å². The Labute approximate surface area is 142 Å². The molecule has 0 aliphatic rings. The van der Waals surface area contributed by atoms with E-state index in [9.17, 15) is 4.79 Å². The molecule has 0 fully saturated rings. The van der Waals surface area contributed by atoms with Crippen molar-refractivity contribution < 1.29 is 9.53 Å². The average molecular weight is 332 g/mol. The van der Waals surface area contributed by atoms with Crippen molar-refractivity contribution in [2.75, 3.05) is 11.9 Å². The van der Waals surface area contributed by atoms with Crippen LogP contribution in [0.15, 0.2) is 36.4 Å². The highest BCUT2D eigenvalue weighted by molar-refractivity contribution is 6.31. The normalized spacial score (nSPS) is 10.4. The maximum Gasteiger partial charge on any atom is 0.259 e. The number of halogens is 1. The highest BCUT2D eigenvalue weighted by Crippen LogP contribution is 2.25. The standard InChI is InChI=1S/C19H22ClNO2/c1-4-5-10-23-18-9-7-15(20)12-16(18)19(22)21-17-8-6-13(2)11-14(17)3/h6-9,11-12H,4-5,10H2,1-3H3,(H,21,22). The molecule has 0 aliphatic carbocycles. The van der Waals surface area contributed by atoms with Gasteiger partial charge in [0.15, 0.2) is 0 Å². The predicted molar refractivity (Wildman–Crippen MR) is 95.7 cm³/mol. The summed E-state index contributed by atoms with van der Waals surface area (Å²) in [6.07, 6.45) is 1.98. The average Bonchev–Trinajstić information content (AvgIpc) is 2.51. The van der Waals surface area contributed by atoms with Crippen LogP contribution in [0.25, 0.3) is 0 Å². The summed E-state index contributed by atoms with van der Waals surface area (Å²) >= 11 is 6.04. The number of carbonyl (C=O) groups is 1. The molecule has 0 bridgehead atoms. The van der Waals surface area contributed by atoms with Gasteiger partial charge in [-0.15, -0.1) is 0 Å². The van der Waals surface area contributed by atoms with Crippen LogP contribution in [0.2, 0.25) is 5.02 Å². The molecule has 0 heterocycles. The summed E-state index contributed by atoms with van der Waals surface area (Å²) in [5.41, 5.74) is 3.43.